The van der Waals surface area contributed by atoms with Crippen LogP contribution in [0, 0.1) is 0 Å². The van der Waals surface area contributed by atoms with E-state index in [4.69, 9.17) is 14.2 Å². The van der Waals surface area contributed by atoms with Crippen molar-refractivity contribution in [3.63, 3.8) is 0 Å². The number of nitrogens with one attached hydrogen (secondary N) is 2. The third-order valence-electron chi connectivity index (χ3n) is 5.01. The molecule has 2 N–H and O–H groups in total. The summed E-state index contributed by atoms with van der Waals surface area (Å²) in [6, 6.07) is 12.5. The van der Waals surface area contributed by atoms with Crippen molar-refractivity contribution in [3.05, 3.63) is 48.0 Å². The van der Waals surface area contributed by atoms with Crippen LogP contribution in [-0.2, 0) is 16.0 Å². The minimum absolute atomic E-state index is 0.144. The Hall–Kier alpha value is -3.22. The molecule has 2 aromatic carbocycles. The van der Waals surface area contributed by atoms with E-state index in [2.05, 4.69) is 10.6 Å². The molecule has 2 aromatic rings. The largest absolute Gasteiger partial charge is 0.493 e. The third-order valence-corrected chi connectivity index (χ3v) is 5.01. The SMILES string of the molecule is COc1ccc(NC(=O)Cc2ccc(NC(=O)OC(C)(C)C)cc2)cc1OC1CCCC1. The number of hydrogen-bond donors (Lipinski definition) is 2. The van der Waals surface area contributed by atoms with Crippen molar-refractivity contribution in [2.45, 2.75) is 64.6 Å². The fraction of sp³-hybridized carbons (Fsp3) is 0.440. The van der Waals surface area contributed by atoms with Gasteiger partial charge in [-0.2, -0.15) is 0 Å². The minimum atomic E-state index is -0.564. The first kappa shape index (κ1) is 23.4. The van der Waals surface area contributed by atoms with Crippen LogP contribution in [-0.4, -0.2) is 30.8 Å². The molecule has 32 heavy (non-hydrogen) atoms. The fourth-order valence-corrected chi connectivity index (χ4v) is 3.55. The summed E-state index contributed by atoms with van der Waals surface area (Å²) in [4.78, 5) is 24.4. The molecule has 1 saturated carbocycles. The Kier molecular flexibility index (Phi) is 7.62. The molecule has 2 amide bonds. The number of hydrogen-bond acceptors (Lipinski definition) is 5. The summed E-state index contributed by atoms with van der Waals surface area (Å²) in [5.41, 5.74) is 1.53. The van der Waals surface area contributed by atoms with Crippen LogP contribution < -0.4 is 20.1 Å². The first-order valence-electron chi connectivity index (χ1n) is 11.0. The van der Waals surface area contributed by atoms with Gasteiger partial charge in [0.2, 0.25) is 5.91 Å². The van der Waals surface area contributed by atoms with E-state index in [-0.39, 0.29) is 18.4 Å². The number of benzene rings is 2. The van der Waals surface area contributed by atoms with Gasteiger partial charge in [-0.15, -0.1) is 0 Å². The van der Waals surface area contributed by atoms with Gasteiger partial charge in [0.05, 0.1) is 19.6 Å². The first-order valence-corrected chi connectivity index (χ1v) is 11.0. The number of rotatable bonds is 7. The highest BCUT2D eigenvalue weighted by atomic mass is 16.6. The van der Waals surface area contributed by atoms with Gasteiger partial charge in [0.1, 0.15) is 5.60 Å². The monoisotopic (exact) mass is 440 g/mol. The number of anilines is 2. The molecule has 1 aliphatic carbocycles. The van der Waals surface area contributed by atoms with Gasteiger partial charge >= 0.3 is 6.09 Å². The number of amides is 2. The Balaban J connectivity index is 1.56. The molecule has 0 unspecified atom stereocenters. The molecule has 0 aliphatic heterocycles. The summed E-state index contributed by atoms with van der Waals surface area (Å²) in [5, 5.41) is 5.59. The van der Waals surface area contributed by atoms with Crippen molar-refractivity contribution in [1.29, 1.82) is 0 Å². The lowest BCUT2D eigenvalue weighted by Crippen LogP contribution is -2.27. The molecule has 3 rings (SSSR count). The Labute approximate surface area is 189 Å². The average molecular weight is 441 g/mol. The van der Waals surface area contributed by atoms with E-state index < -0.39 is 11.7 Å². The van der Waals surface area contributed by atoms with Crippen molar-refractivity contribution >= 4 is 23.4 Å². The van der Waals surface area contributed by atoms with Crippen molar-refractivity contribution in [1.82, 2.24) is 0 Å². The number of ether oxygens (including phenoxy) is 3. The lowest BCUT2D eigenvalue weighted by Gasteiger charge is -2.19. The number of carbonyl (C=O) groups excluding carboxylic acids is 2. The Morgan fingerprint density at radius 2 is 1.59 bits per heavy atom. The molecule has 0 saturated heterocycles. The molecule has 1 fully saturated rings. The molecule has 7 nitrogen and oxygen atoms in total. The maximum atomic E-state index is 12.5. The molecule has 1 aliphatic rings. The second kappa shape index (κ2) is 10.4. The highest BCUT2D eigenvalue weighted by molar-refractivity contribution is 5.92. The minimum Gasteiger partial charge on any atom is -0.493 e. The van der Waals surface area contributed by atoms with E-state index in [9.17, 15) is 9.59 Å². The van der Waals surface area contributed by atoms with E-state index in [0.717, 1.165) is 18.4 Å². The van der Waals surface area contributed by atoms with E-state index in [1.165, 1.54) is 12.8 Å². The summed E-state index contributed by atoms with van der Waals surface area (Å²) >= 11 is 0. The lowest BCUT2D eigenvalue weighted by molar-refractivity contribution is -0.115. The zero-order valence-corrected chi connectivity index (χ0v) is 19.2. The van der Waals surface area contributed by atoms with Crippen LogP contribution in [0.5, 0.6) is 11.5 Å². The molecular formula is C25H32N2O5. The van der Waals surface area contributed by atoms with Gasteiger partial charge in [0.25, 0.3) is 0 Å². The Bertz CT molecular complexity index is 928. The van der Waals surface area contributed by atoms with Gasteiger partial charge in [0.15, 0.2) is 11.5 Å². The number of carbonyl (C=O) groups is 2. The molecule has 0 atom stereocenters. The highest BCUT2D eigenvalue weighted by Crippen LogP contribution is 2.34. The summed E-state index contributed by atoms with van der Waals surface area (Å²) in [7, 11) is 1.61. The van der Waals surface area contributed by atoms with Crippen LogP contribution in [0.4, 0.5) is 16.2 Å². The Morgan fingerprint density at radius 1 is 0.938 bits per heavy atom. The predicted molar refractivity (Wildman–Crippen MR) is 125 cm³/mol. The highest BCUT2D eigenvalue weighted by Gasteiger charge is 2.19. The molecule has 7 heteroatoms. The molecule has 0 spiro atoms. The van der Waals surface area contributed by atoms with Gasteiger partial charge in [-0.3, -0.25) is 10.1 Å². The average Bonchev–Trinajstić information content (AvgIpc) is 3.21. The molecule has 0 radical (unpaired) electrons. The summed E-state index contributed by atoms with van der Waals surface area (Å²) in [6.45, 7) is 5.42. The third kappa shape index (κ3) is 7.18. The van der Waals surface area contributed by atoms with Crippen LogP contribution in [0.15, 0.2) is 42.5 Å². The van der Waals surface area contributed by atoms with Crippen LogP contribution in [0.1, 0.15) is 52.0 Å². The van der Waals surface area contributed by atoms with Crippen molar-refractivity contribution in [3.8, 4) is 11.5 Å². The van der Waals surface area contributed by atoms with Crippen molar-refractivity contribution in [2.75, 3.05) is 17.7 Å². The van der Waals surface area contributed by atoms with Crippen LogP contribution in [0.2, 0.25) is 0 Å². The van der Waals surface area contributed by atoms with E-state index in [0.29, 0.717) is 22.9 Å². The maximum Gasteiger partial charge on any atom is 0.412 e. The summed E-state index contributed by atoms with van der Waals surface area (Å²) in [6.07, 6.45) is 4.32. The van der Waals surface area contributed by atoms with Gasteiger partial charge < -0.3 is 19.5 Å². The van der Waals surface area contributed by atoms with Crippen molar-refractivity contribution < 1.29 is 23.8 Å². The van der Waals surface area contributed by atoms with Crippen molar-refractivity contribution in [2.24, 2.45) is 0 Å². The Morgan fingerprint density at radius 3 is 2.22 bits per heavy atom. The lowest BCUT2D eigenvalue weighted by atomic mass is 10.1. The topological polar surface area (TPSA) is 85.9 Å². The van der Waals surface area contributed by atoms with E-state index in [1.807, 2.05) is 6.07 Å². The number of methoxy groups -OCH3 is 1. The molecule has 0 heterocycles. The maximum absolute atomic E-state index is 12.5. The quantitative estimate of drug-likeness (QED) is 0.590. The fourth-order valence-electron chi connectivity index (χ4n) is 3.55. The molecule has 0 aromatic heterocycles. The zero-order chi connectivity index (χ0) is 23.1. The predicted octanol–water partition coefficient (Wildman–Crippen LogP) is 5.54. The van der Waals surface area contributed by atoms with Gasteiger partial charge in [-0.1, -0.05) is 12.1 Å². The first-order chi connectivity index (χ1) is 15.2. The molecule has 172 valence electrons. The smallest absolute Gasteiger partial charge is 0.412 e. The van der Waals surface area contributed by atoms with Crippen LogP contribution in [0.25, 0.3) is 0 Å². The molecule has 0 bridgehead atoms. The van der Waals surface area contributed by atoms with Gasteiger partial charge in [0, 0.05) is 17.4 Å². The zero-order valence-electron chi connectivity index (χ0n) is 19.2. The van der Waals surface area contributed by atoms with Crippen LogP contribution >= 0.6 is 0 Å². The van der Waals surface area contributed by atoms with E-state index in [1.54, 1.807) is 64.3 Å². The summed E-state index contributed by atoms with van der Waals surface area (Å²) in [5.74, 6) is 1.16. The normalized spacial score (nSPS) is 14.0. The standard InChI is InChI=1S/C25H32N2O5/c1-25(2,3)32-24(29)27-18-11-9-17(10-12-18)15-23(28)26-19-13-14-21(30-4)22(16-19)31-20-7-5-6-8-20/h9-14,16,20H,5-8,15H2,1-4H3,(H,26,28)(H,27,29). The van der Waals surface area contributed by atoms with E-state index >= 15 is 0 Å². The molecular weight excluding hydrogens is 408 g/mol. The second-order valence-electron chi connectivity index (χ2n) is 8.94. The van der Waals surface area contributed by atoms with Gasteiger partial charge in [-0.05, 0) is 76.3 Å². The summed E-state index contributed by atoms with van der Waals surface area (Å²) < 4.78 is 16.7. The second-order valence-corrected chi connectivity index (χ2v) is 8.94. The van der Waals surface area contributed by atoms with Crippen LogP contribution in [0.3, 0.4) is 0 Å². The van der Waals surface area contributed by atoms with Gasteiger partial charge in [-0.25, -0.2) is 4.79 Å².